The SMILES string of the molecule is CNCc1cc(OC)c(OC)cc1-c1sccc1Br. The average Bonchev–Trinajstić information content (AvgIpc) is 2.84. The number of methoxy groups -OCH3 is 2. The summed E-state index contributed by atoms with van der Waals surface area (Å²) in [7, 11) is 5.24. The molecule has 0 bridgehead atoms. The largest absolute Gasteiger partial charge is 0.493 e. The number of thiophene rings is 1. The van der Waals surface area contributed by atoms with Crippen molar-refractivity contribution in [2.24, 2.45) is 0 Å². The Bertz CT molecular complexity index is 569. The summed E-state index contributed by atoms with van der Waals surface area (Å²) in [4.78, 5) is 1.20. The lowest BCUT2D eigenvalue weighted by Crippen LogP contribution is -2.07. The summed E-state index contributed by atoms with van der Waals surface area (Å²) >= 11 is 5.29. The van der Waals surface area contributed by atoms with E-state index in [1.807, 2.05) is 19.2 Å². The van der Waals surface area contributed by atoms with Crippen LogP contribution in [0.15, 0.2) is 28.1 Å². The van der Waals surface area contributed by atoms with Crippen LogP contribution in [0, 0.1) is 0 Å². The van der Waals surface area contributed by atoms with Crippen molar-refractivity contribution in [3.05, 3.63) is 33.6 Å². The van der Waals surface area contributed by atoms with Crippen molar-refractivity contribution in [2.75, 3.05) is 21.3 Å². The van der Waals surface area contributed by atoms with Gasteiger partial charge in [0.1, 0.15) is 0 Å². The molecule has 0 saturated heterocycles. The van der Waals surface area contributed by atoms with E-state index in [1.165, 1.54) is 10.4 Å². The molecule has 0 radical (unpaired) electrons. The van der Waals surface area contributed by atoms with E-state index in [-0.39, 0.29) is 0 Å². The van der Waals surface area contributed by atoms with Gasteiger partial charge in [-0.05, 0) is 52.1 Å². The Morgan fingerprint density at radius 1 is 1.21 bits per heavy atom. The molecule has 0 amide bonds. The minimum Gasteiger partial charge on any atom is -0.493 e. The molecule has 1 aromatic heterocycles. The highest BCUT2D eigenvalue weighted by Gasteiger charge is 2.15. The summed E-state index contributed by atoms with van der Waals surface area (Å²) in [5.41, 5.74) is 2.34. The summed E-state index contributed by atoms with van der Waals surface area (Å²) in [5, 5.41) is 5.26. The molecule has 0 aliphatic carbocycles. The molecule has 0 spiro atoms. The molecule has 0 unspecified atom stereocenters. The third-order valence-electron chi connectivity index (χ3n) is 2.84. The van der Waals surface area contributed by atoms with Crippen molar-refractivity contribution >= 4 is 27.3 Å². The van der Waals surface area contributed by atoms with Gasteiger partial charge in [-0.25, -0.2) is 0 Å². The van der Waals surface area contributed by atoms with Crippen LogP contribution in [0.25, 0.3) is 10.4 Å². The van der Waals surface area contributed by atoms with Crippen molar-refractivity contribution < 1.29 is 9.47 Å². The quantitative estimate of drug-likeness (QED) is 0.894. The van der Waals surface area contributed by atoms with Crippen LogP contribution in [0.4, 0.5) is 0 Å². The van der Waals surface area contributed by atoms with Gasteiger partial charge in [0.05, 0.1) is 14.2 Å². The fourth-order valence-corrected chi connectivity index (χ4v) is 3.59. The van der Waals surface area contributed by atoms with Gasteiger partial charge < -0.3 is 14.8 Å². The Labute approximate surface area is 125 Å². The lowest BCUT2D eigenvalue weighted by Gasteiger charge is -2.14. The summed E-state index contributed by atoms with van der Waals surface area (Å²) in [6, 6.07) is 6.11. The standard InChI is InChI=1S/C14H16BrNO2S/c1-16-8-9-6-12(17-2)13(18-3)7-10(9)14-11(15)4-5-19-14/h4-7,16H,8H2,1-3H3. The Hall–Kier alpha value is -1.04. The zero-order valence-electron chi connectivity index (χ0n) is 11.1. The molecule has 0 saturated carbocycles. The van der Waals surface area contributed by atoms with Gasteiger partial charge in [-0.1, -0.05) is 0 Å². The van der Waals surface area contributed by atoms with Crippen LogP contribution in [0.5, 0.6) is 11.5 Å². The minimum absolute atomic E-state index is 0.748. The number of rotatable bonds is 5. The first-order valence-corrected chi connectivity index (χ1v) is 7.51. The number of nitrogens with one attached hydrogen (secondary N) is 1. The summed E-state index contributed by atoms with van der Waals surface area (Å²) in [5.74, 6) is 1.50. The number of hydrogen-bond donors (Lipinski definition) is 1. The molecule has 0 atom stereocenters. The molecule has 0 aliphatic heterocycles. The van der Waals surface area contributed by atoms with Gasteiger partial charge in [0.25, 0.3) is 0 Å². The predicted octanol–water partition coefficient (Wildman–Crippen LogP) is 3.91. The van der Waals surface area contributed by atoms with Gasteiger partial charge in [-0.2, -0.15) is 0 Å². The highest BCUT2D eigenvalue weighted by molar-refractivity contribution is 9.10. The lowest BCUT2D eigenvalue weighted by molar-refractivity contribution is 0.354. The second-order valence-corrected chi connectivity index (χ2v) is 5.76. The number of hydrogen-bond acceptors (Lipinski definition) is 4. The van der Waals surface area contributed by atoms with E-state index < -0.39 is 0 Å². The van der Waals surface area contributed by atoms with Crippen molar-refractivity contribution in [2.45, 2.75) is 6.54 Å². The van der Waals surface area contributed by atoms with Gasteiger partial charge >= 0.3 is 0 Å². The number of benzene rings is 1. The van der Waals surface area contributed by atoms with Crippen LogP contribution in [0.1, 0.15) is 5.56 Å². The van der Waals surface area contributed by atoms with Crippen LogP contribution < -0.4 is 14.8 Å². The smallest absolute Gasteiger partial charge is 0.161 e. The maximum absolute atomic E-state index is 5.39. The number of ether oxygens (including phenoxy) is 2. The van der Waals surface area contributed by atoms with E-state index in [4.69, 9.17) is 9.47 Å². The van der Waals surface area contributed by atoms with Crippen LogP contribution in [0.3, 0.4) is 0 Å². The normalized spacial score (nSPS) is 10.5. The fourth-order valence-electron chi connectivity index (χ4n) is 1.96. The molecule has 19 heavy (non-hydrogen) atoms. The summed E-state index contributed by atoms with van der Waals surface area (Å²) < 4.78 is 11.9. The monoisotopic (exact) mass is 341 g/mol. The highest BCUT2D eigenvalue weighted by Crippen LogP contribution is 2.40. The van der Waals surface area contributed by atoms with Gasteiger partial charge in [-0.15, -0.1) is 11.3 Å². The zero-order chi connectivity index (χ0) is 13.8. The fraction of sp³-hybridized carbons (Fsp3) is 0.286. The van der Waals surface area contributed by atoms with Crippen LogP contribution in [0.2, 0.25) is 0 Å². The third kappa shape index (κ3) is 2.94. The Balaban J connectivity index is 2.60. The second-order valence-electron chi connectivity index (χ2n) is 3.99. The molecular formula is C14H16BrNO2S. The van der Waals surface area contributed by atoms with E-state index in [0.29, 0.717) is 0 Å². The molecule has 1 heterocycles. The average molecular weight is 342 g/mol. The summed E-state index contributed by atoms with van der Waals surface area (Å²) in [6.07, 6.45) is 0. The minimum atomic E-state index is 0.748. The van der Waals surface area contributed by atoms with E-state index in [0.717, 1.165) is 28.1 Å². The zero-order valence-corrected chi connectivity index (χ0v) is 13.5. The number of halogens is 1. The molecule has 5 heteroatoms. The molecule has 2 rings (SSSR count). The van der Waals surface area contributed by atoms with Gasteiger partial charge in [0.2, 0.25) is 0 Å². The molecule has 3 nitrogen and oxygen atoms in total. The topological polar surface area (TPSA) is 30.5 Å². The van der Waals surface area contributed by atoms with Crippen molar-refractivity contribution in [1.82, 2.24) is 5.32 Å². The van der Waals surface area contributed by atoms with Crippen LogP contribution in [-0.2, 0) is 6.54 Å². The van der Waals surface area contributed by atoms with Crippen molar-refractivity contribution in [1.29, 1.82) is 0 Å². The van der Waals surface area contributed by atoms with E-state index >= 15 is 0 Å². The maximum Gasteiger partial charge on any atom is 0.161 e. The van der Waals surface area contributed by atoms with E-state index in [9.17, 15) is 0 Å². The van der Waals surface area contributed by atoms with Crippen molar-refractivity contribution in [3.63, 3.8) is 0 Å². The third-order valence-corrected chi connectivity index (χ3v) is 4.71. The van der Waals surface area contributed by atoms with Gasteiger partial charge in [-0.3, -0.25) is 0 Å². The van der Waals surface area contributed by atoms with E-state index in [1.54, 1.807) is 25.6 Å². The maximum atomic E-state index is 5.39. The second kappa shape index (κ2) is 6.41. The van der Waals surface area contributed by atoms with Crippen LogP contribution in [-0.4, -0.2) is 21.3 Å². The Morgan fingerprint density at radius 3 is 2.42 bits per heavy atom. The molecule has 1 N–H and O–H groups in total. The first kappa shape index (κ1) is 14.4. The van der Waals surface area contributed by atoms with Gasteiger partial charge in [0, 0.05) is 21.5 Å². The first-order chi connectivity index (χ1) is 9.21. The molecule has 0 fully saturated rings. The Morgan fingerprint density at radius 2 is 1.89 bits per heavy atom. The van der Waals surface area contributed by atoms with E-state index in [2.05, 4.69) is 32.7 Å². The Kier molecular flexibility index (Phi) is 4.85. The first-order valence-electron chi connectivity index (χ1n) is 5.84. The molecular weight excluding hydrogens is 326 g/mol. The molecule has 102 valence electrons. The van der Waals surface area contributed by atoms with Crippen molar-refractivity contribution in [3.8, 4) is 21.9 Å². The predicted molar refractivity (Wildman–Crippen MR) is 83.3 cm³/mol. The van der Waals surface area contributed by atoms with Crippen LogP contribution >= 0.6 is 27.3 Å². The highest BCUT2D eigenvalue weighted by atomic mass is 79.9. The lowest BCUT2D eigenvalue weighted by atomic mass is 10.0. The molecule has 0 aliphatic rings. The molecule has 2 aromatic rings. The molecule has 1 aromatic carbocycles. The van der Waals surface area contributed by atoms with Gasteiger partial charge in [0.15, 0.2) is 11.5 Å². The summed E-state index contributed by atoms with van der Waals surface area (Å²) in [6.45, 7) is 0.778.